The molecule has 4 rings (SSSR count). The molecular formula is C22H20FN3O2. The first kappa shape index (κ1) is 18.1. The van der Waals surface area contributed by atoms with Crippen molar-refractivity contribution in [3.8, 4) is 0 Å². The number of benzene rings is 2. The van der Waals surface area contributed by atoms with Gasteiger partial charge in [0.1, 0.15) is 11.9 Å². The van der Waals surface area contributed by atoms with Gasteiger partial charge < -0.3 is 9.80 Å². The molecule has 1 saturated heterocycles. The predicted molar refractivity (Wildman–Crippen MR) is 106 cm³/mol. The molecule has 2 amide bonds. The molecule has 1 fully saturated rings. The highest BCUT2D eigenvalue weighted by Gasteiger charge is 2.35. The average molecular weight is 377 g/mol. The number of hydrogen-bond acceptors (Lipinski definition) is 3. The van der Waals surface area contributed by atoms with Crippen LogP contribution in [0.3, 0.4) is 0 Å². The van der Waals surface area contributed by atoms with E-state index in [9.17, 15) is 14.0 Å². The molecule has 0 radical (unpaired) electrons. The van der Waals surface area contributed by atoms with Crippen LogP contribution in [0.4, 0.5) is 10.1 Å². The minimum atomic E-state index is -0.592. The molecule has 0 spiro atoms. The van der Waals surface area contributed by atoms with E-state index in [1.54, 1.807) is 35.8 Å². The van der Waals surface area contributed by atoms with Gasteiger partial charge in [-0.05, 0) is 44.2 Å². The lowest BCUT2D eigenvalue weighted by atomic mass is 10.0. The molecule has 28 heavy (non-hydrogen) atoms. The van der Waals surface area contributed by atoms with Crippen molar-refractivity contribution in [3.63, 3.8) is 0 Å². The van der Waals surface area contributed by atoms with E-state index in [0.717, 1.165) is 5.69 Å². The van der Waals surface area contributed by atoms with Gasteiger partial charge in [0, 0.05) is 35.9 Å². The number of hydrogen-bond donors (Lipinski definition) is 0. The Bertz CT molecular complexity index is 1060. The van der Waals surface area contributed by atoms with Crippen molar-refractivity contribution in [2.24, 2.45) is 0 Å². The molecule has 6 heteroatoms. The summed E-state index contributed by atoms with van der Waals surface area (Å²) >= 11 is 0. The molecule has 0 saturated carbocycles. The van der Waals surface area contributed by atoms with E-state index in [1.165, 1.54) is 12.1 Å². The minimum absolute atomic E-state index is 0.119. The first-order valence-corrected chi connectivity index (χ1v) is 9.20. The van der Waals surface area contributed by atoms with Crippen LogP contribution in [0.1, 0.15) is 23.0 Å². The average Bonchev–Trinajstić information content (AvgIpc) is 2.69. The second-order valence-corrected chi connectivity index (χ2v) is 6.97. The molecule has 1 aliphatic heterocycles. The maximum atomic E-state index is 13.6. The van der Waals surface area contributed by atoms with Gasteiger partial charge in [0.05, 0.1) is 11.1 Å². The molecule has 2 heterocycles. The SMILES string of the molecule is Cc1cc(C(=O)N2CCN(c3ccccc3)C(=O)[C@H]2C)c2ccc(F)cc2n1. The summed E-state index contributed by atoms with van der Waals surface area (Å²) in [6, 6.07) is 14.7. The van der Waals surface area contributed by atoms with Crippen LogP contribution < -0.4 is 4.90 Å². The Morgan fingerprint density at radius 1 is 1.11 bits per heavy atom. The van der Waals surface area contributed by atoms with Crippen molar-refractivity contribution >= 4 is 28.4 Å². The van der Waals surface area contributed by atoms with E-state index < -0.39 is 11.9 Å². The topological polar surface area (TPSA) is 53.5 Å². The zero-order valence-corrected chi connectivity index (χ0v) is 15.7. The highest BCUT2D eigenvalue weighted by atomic mass is 19.1. The van der Waals surface area contributed by atoms with Crippen LogP contribution >= 0.6 is 0 Å². The Labute approximate surface area is 162 Å². The quantitative estimate of drug-likeness (QED) is 0.686. The highest BCUT2D eigenvalue weighted by molar-refractivity contribution is 6.09. The zero-order chi connectivity index (χ0) is 19.8. The molecule has 5 nitrogen and oxygen atoms in total. The molecular weight excluding hydrogens is 357 g/mol. The number of piperazine rings is 1. The summed E-state index contributed by atoms with van der Waals surface area (Å²) in [7, 11) is 0. The van der Waals surface area contributed by atoms with Crippen LogP contribution in [0.2, 0.25) is 0 Å². The maximum Gasteiger partial charge on any atom is 0.255 e. The number of nitrogens with zero attached hydrogens (tertiary/aromatic N) is 3. The lowest BCUT2D eigenvalue weighted by Crippen LogP contribution is -2.57. The fourth-order valence-corrected chi connectivity index (χ4v) is 3.68. The molecule has 0 bridgehead atoms. The Balaban J connectivity index is 1.66. The number of carbonyl (C=O) groups is 2. The van der Waals surface area contributed by atoms with Crippen molar-refractivity contribution in [1.82, 2.24) is 9.88 Å². The van der Waals surface area contributed by atoms with Crippen molar-refractivity contribution in [1.29, 1.82) is 0 Å². The minimum Gasteiger partial charge on any atom is -0.325 e. The summed E-state index contributed by atoms with van der Waals surface area (Å²) in [6.07, 6.45) is 0. The van der Waals surface area contributed by atoms with Gasteiger partial charge in [-0.1, -0.05) is 18.2 Å². The number of halogens is 1. The van der Waals surface area contributed by atoms with Gasteiger partial charge in [0.25, 0.3) is 5.91 Å². The number of rotatable bonds is 2. The lowest BCUT2D eigenvalue weighted by molar-refractivity contribution is -0.124. The van der Waals surface area contributed by atoms with Crippen LogP contribution in [-0.2, 0) is 4.79 Å². The van der Waals surface area contributed by atoms with Gasteiger partial charge in [-0.2, -0.15) is 0 Å². The normalized spacial score (nSPS) is 17.2. The van der Waals surface area contributed by atoms with Gasteiger partial charge in [-0.25, -0.2) is 4.39 Å². The number of anilines is 1. The Kier molecular flexibility index (Phi) is 4.55. The zero-order valence-electron chi connectivity index (χ0n) is 15.7. The molecule has 1 aliphatic rings. The number of pyridine rings is 1. The molecule has 3 aromatic rings. The van der Waals surface area contributed by atoms with Crippen LogP contribution in [0.5, 0.6) is 0 Å². The predicted octanol–water partition coefficient (Wildman–Crippen LogP) is 3.56. The third-order valence-corrected chi connectivity index (χ3v) is 5.11. The monoisotopic (exact) mass is 377 g/mol. The van der Waals surface area contributed by atoms with Crippen molar-refractivity contribution in [3.05, 3.63) is 71.7 Å². The summed E-state index contributed by atoms with van der Waals surface area (Å²) < 4.78 is 13.6. The largest absolute Gasteiger partial charge is 0.325 e. The second kappa shape index (κ2) is 7.03. The highest BCUT2D eigenvalue weighted by Crippen LogP contribution is 2.25. The third-order valence-electron chi connectivity index (χ3n) is 5.11. The van der Waals surface area contributed by atoms with Gasteiger partial charge in [-0.3, -0.25) is 14.6 Å². The maximum absolute atomic E-state index is 13.6. The number of aromatic nitrogens is 1. The van der Waals surface area contributed by atoms with Crippen molar-refractivity contribution in [2.45, 2.75) is 19.9 Å². The Hall–Kier alpha value is -3.28. The number of fused-ring (bicyclic) bond motifs is 1. The molecule has 0 aliphatic carbocycles. The second-order valence-electron chi connectivity index (χ2n) is 6.97. The number of amides is 2. The Morgan fingerprint density at radius 3 is 2.61 bits per heavy atom. The van der Waals surface area contributed by atoms with Crippen molar-refractivity contribution in [2.75, 3.05) is 18.0 Å². The van der Waals surface area contributed by atoms with E-state index in [0.29, 0.717) is 35.2 Å². The molecule has 2 aromatic carbocycles. The summed E-state index contributed by atoms with van der Waals surface area (Å²) in [5.41, 5.74) is 2.33. The summed E-state index contributed by atoms with van der Waals surface area (Å²) in [4.78, 5) is 33.8. The first-order valence-electron chi connectivity index (χ1n) is 9.20. The summed E-state index contributed by atoms with van der Waals surface area (Å²) in [5.74, 6) is -0.758. The van der Waals surface area contributed by atoms with E-state index >= 15 is 0 Å². The molecule has 0 unspecified atom stereocenters. The van der Waals surface area contributed by atoms with E-state index in [1.807, 2.05) is 30.3 Å². The van der Waals surface area contributed by atoms with Crippen LogP contribution in [0.25, 0.3) is 10.9 Å². The fourth-order valence-electron chi connectivity index (χ4n) is 3.68. The first-order chi connectivity index (χ1) is 13.5. The van der Waals surface area contributed by atoms with Crippen LogP contribution in [0, 0.1) is 12.7 Å². The third kappa shape index (κ3) is 3.11. The standard InChI is InChI=1S/C22H20FN3O2/c1-14-12-19(18-9-8-16(23)13-20(18)24-14)22(28)25-10-11-26(21(27)15(25)2)17-6-4-3-5-7-17/h3-9,12-13,15H,10-11H2,1-2H3/t15-/m1/s1. The van der Waals surface area contributed by atoms with E-state index in [2.05, 4.69) is 4.98 Å². The van der Waals surface area contributed by atoms with Crippen LogP contribution in [-0.4, -0.2) is 40.8 Å². The Morgan fingerprint density at radius 2 is 1.86 bits per heavy atom. The van der Waals surface area contributed by atoms with Crippen LogP contribution in [0.15, 0.2) is 54.6 Å². The number of aryl methyl sites for hydroxylation is 1. The van der Waals surface area contributed by atoms with Crippen molar-refractivity contribution < 1.29 is 14.0 Å². The van der Waals surface area contributed by atoms with Gasteiger partial charge in [0.15, 0.2) is 0 Å². The summed E-state index contributed by atoms with van der Waals surface area (Å²) in [6.45, 7) is 4.36. The lowest BCUT2D eigenvalue weighted by Gasteiger charge is -2.39. The fraction of sp³-hybridized carbons (Fsp3) is 0.227. The van der Waals surface area contributed by atoms with Gasteiger partial charge in [-0.15, -0.1) is 0 Å². The van der Waals surface area contributed by atoms with E-state index in [4.69, 9.17) is 0 Å². The summed E-state index contributed by atoms with van der Waals surface area (Å²) in [5, 5.41) is 0.585. The molecule has 142 valence electrons. The molecule has 1 aromatic heterocycles. The van der Waals surface area contributed by atoms with Gasteiger partial charge in [0.2, 0.25) is 5.91 Å². The number of para-hydroxylation sites is 1. The molecule has 1 atom stereocenters. The number of carbonyl (C=O) groups excluding carboxylic acids is 2. The van der Waals surface area contributed by atoms with E-state index in [-0.39, 0.29) is 11.8 Å². The smallest absolute Gasteiger partial charge is 0.255 e. The molecule has 0 N–H and O–H groups in total. The van der Waals surface area contributed by atoms with Gasteiger partial charge >= 0.3 is 0 Å².